The summed E-state index contributed by atoms with van der Waals surface area (Å²) in [6, 6.07) is 9.85. The van der Waals surface area contributed by atoms with Crippen molar-refractivity contribution in [3.63, 3.8) is 0 Å². The molecule has 0 bridgehead atoms. The highest BCUT2D eigenvalue weighted by molar-refractivity contribution is 9.09. The van der Waals surface area contributed by atoms with Crippen molar-refractivity contribution in [3.05, 3.63) is 30.3 Å². The van der Waals surface area contributed by atoms with E-state index in [-0.39, 0.29) is 16.8 Å². The van der Waals surface area contributed by atoms with Crippen molar-refractivity contribution < 1.29 is 4.79 Å². The summed E-state index contributed by atoms with van der Waals surface area (Å²) in [6.07, 6.45) is 2.50. The first kappa shape index (κ1) is 13.9. The third-order valence-electron chi connectivity index (χ3n) is 3.90. The molecule has 0 spiro atoms. The van der Waals surface area contributed by atoms with Crippen LogP contribution in [0.25, 0.3) is 0 Å². The molecule has 1 aliphatic carbocycles. The van der Waals surface area contributed by atoms with Gasteiger partial charge in [-0.15, -0.1) is 0 Å². The molecule has 1 aromatic carbocycles. The normalized spacial score (nSPS) is 29.2. The molecule has 5 nitrogen and oxygen atoms in total. The third-order valence-corrected chi connectivity index (χ3v) is 5.00. The topological polar surface area (TPSA) is 56.4 Å². The molecule has 1 heterocycles. The van der Waals surface area contributed by atoms with E-state index in [1.807, 2.05) is 37.4 Å². The van der Waals surface area contributed by atoms with Gasteiger partial charge in [0.05, 0.1) is 10.5 Å². The Kier molecular flexibility index (Phi) is 3.96. The molecule has 3 atom stereocenters. The van der Waals surface area contributed by atoms with Gasteiger partial charge < -0.3 is 0 Å². The maximum absolute atomic E-state index is 12.3. The molecule has 108 valence electrons. The number of benzene rings is 1. The fourth-order valence-corrected chi connectivity index (χ4v) is 3.48. The Morgan fingerprint density at radius 3 is 2.65 bits per heavy atom. The number of alkyl halides is 1. The summed E-state index contributed by atoms with van der Waals surface area (Å²) in [6.45, 7) is 0. The van der Waals surface area contributed by atoms with E-state index in [0.717, 1.165) is 5.69 Å². The lowest BCUT2D eigenvalue weighted by Crippen LogP contribution is -2.51. The number of rotatable bonds is 4. The lowest BCUT2D eigenvalue weighted by molar-refractivity contribution is -0.122. The molecule has 0 radical (unpaired) electrons. The average molecular weight is 339 g/mol. The van der Waals surface area contributed by atoms with Crippen molar-refractivity contribution in [1.82, 2.24) is 16.3 Å². The van der Waals surface area contributed by atoms with Gasteiger partial charge in [0.15, 0.2) is 0 Å². The smallest absolute Gasteiger partial charge is 0.258 e. The van der Waals surface area contributed by atoms with Crippen molar-refractivity contribution in [1.29, 1.82) is 0 Å². The minimum atomic E-state index is -0.258. The predicted molar refractivity (Wildman–Crippen MR) is 82.3 cm³/mol. The zero-order valence-corrected chi connectivity index (χ0v) is 12.9. The second-order valence-corrected chi connectivity index (χ2v) is 6.50. The molecular weight excluding hydrogens is 320 g/mol. The van der Waals surface area contributed by atoms with E-state index in [4.69, 9.17) is 0 Å². The highest BCUT2D eigenvalue weighted by Gasteiger charge is 2.45. The Balaban J connectivity index is 1.59. The number of amides is 1. The van der Waals surface area contributed by atoms with Crippen molar-refractivity contribution in [2.24, 2.45) is 5.92 Å². The second-order valence-electron chi connectivity index (χ2n) is 5.44. The quantitative estimate of drug-likeness (QED) is 0.570. The van der Waals surface area contributed by atoms with Gasteiger partial charge in [0.1, 0.15) is 6.04 Å². The number of nitrogens with one attached hydrogen (secondary N) is 3. The van der Waals surface area contributed by atoms with Gasteiger partial charge in [-0.3, -0.25) is 20.7 Å². The SMILES string of the molecule is CN(NC(=O)C1NNC(C2CC2)C1Br)c1ccccc1. The van der Waals surface area contributed by atoms with Crippen LogP contribution in [0.5, 0.6) is 0 Å². The summed E-state index contributed by atoms with van der Waals surface area (Å²) in [5.41, 5.74) is 10.2. The molecule has 3 rings (SSSR count). The number of hydrogen-bond donors (Lipinski definition) is 3. The van der Waals surface area contributed by atoms with Gasteiger partial charge in [-0.1, -0.05) is 34.1 Å². The van der Waals surface area contributed by atoms with Gasteiger partial charge in [0, 0.05) is 13.1 Å². The molecule has 1 amide bonds. The first-order valence-corrected chi connectivity index (χ1v) is 7.83. The first-order valence-electron chi connectivity index (χ1n) is 6.91. The van der Waals surface area contributed by atoms with Crippen LogP contribution in [-0.4, -0.2) is 29.9 Å². The van der Waals surface area contributed by atoms with Gasteiger partial charge in [-0.25, -0.2) is 5.43 Å². The molecule has 0 aromatic heterocycles. The Morgan fingerprint density at radius 1 is 1.30 bits per heavy atom. The molecule has 2 fully saturated rings. The number of para-hydroxylation sites is 1. The lowest BCUT2D eigenvalue weighted by Gasteiger charge is -2.23. The largest absolute Gasteiger partial charge is 0.289 e. The van der Waals surface area contributed by atoms with Gasteiger partial charge in [-0.05, 0) is 30.9 Å². The monoisotopic (exact) mass is 338 g/mol. The Hall–Kier alpha value is -1.11. The zero-order valence-electron chi connectivity index (χ0n) is 11.3. The van der Waals surface area contributed by atoms with Crippen LogP contribution < -0.4 is 21.3 Å². The molecule has 3 N–H and O–H groups in total. The molecular formula is C14H19BrN4O. The number of hydrazine groups is 2. The number of halogens is 1. The van der Waals surface area contributed by atoms with Crippen LogP contribution in [0.2, 0.25) is 0 Å². The summed E-state index contributed by atoms with van der Waals surface area (Å²) in [5, 5.41) is 1.74. The minimum absolute atomic E-state index is 0.0334. The van der Waals surface area contributed by atoms with Crippen molar-refractivity contribution in [3.8, 4) is 0 Å². The van der Waals surface area contributed by atoms with Gasteiger partial charge in [0.25, 0.3) is 5.91 Å². The Labute approximate surface area is 127 Å². The zero-order chi connectivity index (χ0) is 14.1. The van der Waals surface area contributed by atoms with E-state index in [1.54, 1.807) is 5.01 Å². The lowest BCUT2D eigenvalue weighted by atomic mass is 10.1. The summed E-state index contributed by atoms with van der Waals surface area (Å²) in [4.78, 5) is 12.5. The number of anilines is 1. The van der Waals surface area contributed by atoms with Crippen LogP contribution >= 0.6 is 15.9 Å². The molecule has 1 aliphatic heterocycles. The Morgan fingerprint density at radius 2 is 2.00 bits per heavy atom. The van der Waals surface area contributed by atoms with Crippen molar-refractivity contribution in [2.75, 3.05) is 12.1 Å². The molecule has 3 unspecified atom stereocenters. The predicted octanol–water partition coefficient (Wildman–Crippen LogP) is 1.17. The second kappa shape index (κ2) is 5.71. The summed E-state index contributed by atoms with van der Waals surface area (Å²) < 4.78 is 0. The van der Waals surface area contributed by atoms with Crippen LogP contribution in [0.3, 0.4) is 0 Å². The summed E-state index contributed by atoms with van der Waals surface area (Å²) >= 11 is 3.65. The van der Waals surface area contributed by atoms with E-state index in [0.29, 0.717) is 12.0 Å². The third kappa shape index (κ3) is 2.82. The number of hydrogen-bond acceptors (Lipinski definition) is 4. The molecule has 6 heteroatoms. The molecule has 1 saturated heterocycles. The van der Waals surface area contributed by atoms with E-state index in [2.05, 4.69) is 32.2 Å². The number of carbonyl (C=O) groups excluding carboxylic acids is 1. The van der Waals surface area contributed by atoms with Crippen LogP contribution in [-0.2, 0) is 4.79 Å². The maximum Gasteiger partial charge on any atom is 0.258 e. The number of nitrogens with zero attached hydrogens (tertiary/aromatic N) is 1. The van der Waals surface area contributed by atoms with Crippen LogP contribution in [0.15, 0.2) is 30.3 Å². The van der Waals surface area contributed by atoms with Crippen molar-refractivity contribution in [2.45, 2.75) is 29.8 Å². The van der Waals surface area contributed by atoms with Crippen molar-refractivity contribution >= 4 is 27.5 Å². The van der Waals surface area contributed by atoms with E-state index in [9.17, 15) is 4.79 Å². The van der Waals surface area contributed by atoms with Gasteiger partial charge in [0.2, 0.25) is 0 Å². The Bertz CT molecular complexity index is 479. The van der Waals surface area contributed by atoms with Crippen LogP contribution in [0.1, 0.15) is 12.8 Å². The molecule has 2 aliphatic rings. The highest BCUT2D eigenvalue weighted by atomic mass is 79.9. The average Bonchev–Trinajstić information content (AvgIpc) is 3.22. The summed E-state index contributed by atoms with van der Waals surface area (Å²) in [5.74, 6) is 0.658. The van der Waals surface area contributed by atoms with E-state index < -0.39 is 0 Å². The molecule has 1 aromatic rings. The van der Waals surface area contributed by atoms with Gasteiger partial charge in [-0.2, -0.15) is 0 Å². The maximum atomic E-state index is 12.3. The van der Waals surface area contributed by atoms with Gasteiger partial charge >= 0.3 is 0 Å². The van der Waals surface area contributed by atoms with E-state index >= 15 is 0 Å². The highest BCUT2D eigenvalue weighted by Crippen LogP contribution is 2.38. The van der Waals surface area contributed by atoms with E-state index in [1.165, 1.54) is 12.8 Å². The fourth-order valence-electron chi connectivity index (χ4n) is 2.55. The first-order chi connectivity index (χ1) is 9.66. The minimum Gasteiger partial charge on any atom is -0.289 e. The number of carbonyl (C=O) groups is 1. The van der Waals surface area contributed by atoms with Crippen LogP contribution in [0, 0.1) is 5.92 Å². The summed E-state index contributed by atoms with van der Waals surface area (Å²) in [7, 11) is 1.84. The fraction of sp³-hybridized carbons (Fsp3) is 0.500. The molecule has 1 saturated carbocycles. The molecule has 20 heavy (non-hydrogen) atoms. The standard InChI is InChI=1S/C14H19BrN4O/c1-19(10-5-3-2-4-6-10)18-14(20)13-11(15)12(16-17-13)9-7-8-9/h2-6,9,11-13,16-17H,7-8H2,1H3,(H,18,20). The van der Waals surface area contributed by atoms with Crippen LogP contribution in [0.4, 0.5) is 5.69 Å².